The minimum atomic E-state index is -1.44. The molecule has 4 aliphatic heterocycles. The summed E-state index contributed by atoms with van der Waals surface area (Å²) in [5, 5.41) is 12.7. The highest BCUT2D eigenvalue weighted by Crippen LogP contribution is 2.59. The number of benzene rings is 3. The maximum atomic E-state index is 14.9. The van der Waals surface area contributed by atoms with Crippen molar-refractivity contribution in [2.45, 2.75) is 36.6 Å². The van der Waals surface area contributed by atoms with Gasteiger partial charge in [0.1, 0.15) is 29.8 Å². The molecule has 3 aromatic carbocycles. The van der Waals surface area contributed by atoms with Crippen molar-refractivity contribution >= 4 is 34.2 Å². The number of ether oxygens (including phenoxy) is 2. The van der Waals surface area contributed by atoms with Gasteiger partial charge in [0.05, 0.1) is 18.6 Å². The molecule has 1 unspecified atom stereocenters. The fraction of sp³-hybridized carbons (Fsp3) is 0.324. The highest BCUT2D eigenvalue weighted by Gasteiger charge is 2.76. The zero-order valence-corrected chi connectivity index (χ0v) is 23.3. The largest absolute Gasteiger partial charge is 0.461 e. The monoisotopic (exact) mass is 564 g/mol. The van der Waals surface area contributed by atoms with Gasteiger partial charge in [0.2, 0.25) is 5.91 Å². The summed E-state index contributed by atoms with van der Waals surface area (Å²) in [4.78, 5) is 46.2. The lowest BCUT2D eigenvalue weighted by Crippen LogP contribution is -2.57. The molecule has 42 heavy (non-hydrogen) atoms. The average molecular weight is 565 g/mol. The maximum Gasteiger partial charge on any atom is 0.313 e. The van der Waals surface area contributed by atoms with Crippen LogP contribution < -0.4 is 4.90 Å². The molecule has 6 atom stereocenters. The SMILES string of the molecule is CC[C@]12C=CCOC(=O)[C@H]1[C@H]1C(=O)N([C@H](CO)c3ccccc3)C3C(=O)N(c4ccc5ccccc5c4)CC=C[C@@]31O2. The summed E-state index contributed by atoms with van der Waals surface area (Å²) in [7, 11) is 0. The molecular weight excluding hydrogens is 532 g/mol. The molecule has 0 aliphatic carbocycles. The summed E-state index contributed by atoms with van der Waals surface area (Å²) < 4.78 is 12.5. The number of hydrogen-bond acceptors (Lipinski definition) is 6. The van der Waals surface area contributed by atoms with Crippen LogP contribution in [-0.4, -0.2) is 64.8 Å². The van der Waals surface area contributed by atoms with E-state index in [-0.39, 0.29) is 19.1 Å². The molecule has 2 fully saturated rings. The van der Waals surface area contributed by atoms with Crippen LogP contribution in [0.25, 0.3) is 10.8 Å². The highest BCUT2D eigenvalue weighted by atomic mass is 16.6. The van der Waals surface area contributed by atoms with Crippen molar-refractivity contribution in [1.82, 2.24) is 4.90 Å². The van der Waals surface area contributed by atoms with E-state index in [1.54, 1.807) is 11.0 Å². The topological polar surface area (TPSA) is 96.4 Å². The van der Waals surface area contributed by atoms with Crippen LogP contribution in [0.5, 0.6) is 0 Å². The molecule has 0 bridgehead atoms. The molecule has 214 valence electrons. The van der Waals surface area contributed by atoms with E-state index in [0.717, 1.165) is 10.8 Å². The number of anilines is 1. The van der Waals surface area contributed by atoms with Gasteiger partial charge >= 0.3 is 5.97 Å². The van der Waals surface area contributed by atoms with Gasteiger partial charge in [-0.15, -0.1) is 0 Å². The molecule has 4 heterocycles. The fourth-order valence-electron chi connectivity index (χ4n) is 7.48. The zero-order chi connectivity index (χ0) is 29.1. The Morgan fingerprint density at radius 3 is 2.43 bits per heavy atom. The van der Waals surface area contributed by atoms with Crippen LogP contribution >= 0.6 is 0 Å². The number of carbonyl (C=O) groups excluding carboxylic acids is 3. The molecule has 0 radical (unpaired) electrons. The Labute approximate surface area is 243 Å². The number of rotatable bonds is 5. The third-order valence-corrected chi connectivity index (χ3v) is 9.37. The first-order valence-corrected chi connectivity index (χ1v) is 14.4. The van der Waals surface area contributed by atoms with Gasteiger partial charge in [0, 0.05) is 12.2 Å². The molecule has 8 heteroatoms. The smallest absolute Gasteiger partial charge is 0.313 e. The highest BCUT2D eigenvalue weighted by molar-refractivity contribution is 6.06. The predicted molar refractivity (Wildman–Crippen MR) is 156 cm³/mol. The van der Waals surface area contributed by atoms with Crippen molar-refractivity contribution in [1.29, 1.82) is 0 Å². The van der Waals surface area contributed by atoms with E-state index >= 15 is 0 Å². The second-order valence-electron chi connectivity index (χ2n) is 11.4. The van der Waals surface area contributed by atoms with Gasteiger partial charge in [0.15, 0.2) is 0 Å². The molecule has 1 N–H and O–H groups in total. The third-order valence-electron chi connectivity index (χ3n) is 9.37. The number of cyclic esters (lactones) is 1. The predicted octanol–water partition coefficient (Wildman–Crippen LogP) is 3.95. The minimum absolute atomic E-state index is 0.0925. The number of hydrogen-bond donors (Lipinski definition) is 1. The minimum Gasteiger partial charge on any atom is -0.461 e. The van der Waals surface area contributed by atoms with E-state index in [4.69, 9.17) is 9.47 Å². The molecule has 0 aromatic heterocycles. The van der Waals surface area contributed by atoms with E-state index < -0.39 is 53.6 Å². The van der Waals surface area contributed by atoms with Crippen LogP contribution in [0.1, 0.15) is 24.9 Å². The number of aliphatic hydroxyl groups is 1. The number of fused-ring (bicyclic) bond motifs is 3. The zero-order valence-electron chi connectivity index (χ0n) is 23.3. The van der Waals surface area contributed by atoms with Gasteiger partial charge in [0.25, 0.3) is 5.91 Å². The number of esters is 1. The van der Waals surface area contributed by atoms with E-state index in [1.165, 1.54) is 4.90 Å². The molecular formula is C34H32N2O6. The Bertz CT molecular complexity index is 1640. The number of nitrogens with zero attached hydrogens (tertiary/aromatic N) is 2. The molecule has 8 nitrogen and oxygen atoms in total. The van der Waals surface area contributed by atoms with E-state index in [1.807, 2.05) is 97.9 Å². The lowest BCUT2D eigenvalue weighted by molar-refractivity contribution is -0.159. The molecule has 2 saturated heterocycles. The van der Waals surface area contributed by atoms with Gasteiger partial charge in [-0.1, -0.05) is 85.8 Å². The van der Waals surface area contributed by atoms with Gasteiger partial charge in [-0.05, 0) is 41.0 Å². The van der Waals surface area contributed by atoms with Crippen LogP contribution in [0.2, 0.25) is 0 Å². The summed E-state index contributed by atoms with van der Waals surface area (Å²) in [6, 6.07) is 21.0. The van der Waals surface area contributed by atoms with E-state index in [0.29, 0.717) is 17.7 Å². The number of amides is 2. The lowest BCUT2D eigenvalue weighted by Gasteiger charge is -2.40. The van der Waals surface area contributed by atoms with Crippen LogP contribution in [0.3, 0.4) is 0 Å². The van der Waals surface area contributed by atoms with Crippen molar-refractivity contribution in [2.24, 2.45) is 11.8 Å². The number of likely N-dealkylation sites (tertiary alicyclic amines) is 1. The first-order chi connectivity index (χ1) is 20.4. The van der Waals surface area contributed by atoms with Crippen LogP contribution in [0.15, 0.2) is 97.1 Å². The van der Waals surface area contributed by atoms with Gasteiger partial charge in [-0.3, -0.25) is 14.4 Å². The molecule has 2 amide bonds. The molecule has 7 rings (SSSR count). The van der Waals surface area contributed by atoms with Gasteiger partial charge in [-0.25, -0.2) is 0 Å². The Hall–Kier alpha value is -4.27. The first kappa shape index (κ1) is 26.6. The van der Waals surface area contributed by atoms with Crippen molar-refractivity contribution in [3.8, 4) is 0 Å². The summed E-state index contributed by atoms with van der Waals surface area (Å²) in [6.07, 6.45) is 7.67. The molecule has 1 spiro atoms. The van der Waals surface area contributed by atoms with Crippen molar-refractivity contribution in [3.63, 3.8) is 0 Å². The Morgan fingerprint density at radius 2 is 1.67 bits per heavy atom. The normalized spacial score (nSPS) is 30.9. The molecule has 0 saturated carbocycles. The lowest BCUT2D eigenvalue weighted by atomic mass is 9.73. The number of carbonyl (C=O) groups is 3. The van der Waals surface area contributed by atoms with Gasteiger partial charge < -0.3 is 24.4 Å². The van der Waals surface area contributed by atoms with Crippen molar-refractivity contribution in [2.75, 3.05) is 24.7 Å². The fourth-order valence-corrected chi connectivity index (χ4v) is 7.48. The quantitative estimate of drug-likeness (QED) is 0.373. The first-order valence-electron chi connectivity index (χ1n) is 14.4. The van der Waals surface area contributed by atoms with E-state index in [2.05, 4.69) is 0 Å². The summed E-state index contributed by atoms with van der Waals surface area (Å²) in [6.45, 7) is 1.85. The third kappa shape index (κ3) is 3.71. The number of aliphatic hydroxyl groups excluding tert-OH is 1. The second kappa shape index (κ2) is 9.93. The second-order valence-corrected chi connectivity index (χ2v) is 11.4. The maximum absolute atomic E-state index is 14.9. The Kier molecular flexibility index (Phi) is 6.29. The summed E-state index contributed by atoms with van der Waals surface area (Å²) in [5.74, 6) is -3.21. The summed E-state index contributed by atoms with van der Waals surface area (Å²) in [5.41, 5.74) is -1.17. The van der Waals surface area contributed by atoms with E-state index in [9.17, 15) is 19.5 Å². The van der Waals surface area contributed by atoms with Crippen LogP contribution in [0, 0.1) is 11.8 Å². The standard InChI is InChI=1S/C34H32N2O6/c1-2-33-16-9-19-41-32(40)28(33)27-30(38)36(26(21-37)23-11-4-3-5-12-23)29-31(39)35(18-8-17-34(27,29)42-33)25-15-14-22-10-6-7-13-24(22)20-25/h3-17,20,26-29,37H,2,18-19,21H2,1H3/t26-,27+,28-,29?,33+,34+/m1/s1. The summed E-state index contributed by atoms with van der Waals surface area (Å²) >= 11 is 0. The Balaban J connectivity index is 1.41. The van der Waals surface area contributed by atoms with Crippen LogP contribution in [0.4, 0.5) is 5.69 Å². The average Bonchev–Trinajstić information content (AvgIpc) is 3.29. The molecule has 3 aromatic rings. The Morgan fingerprint density at radius 1 is 0.905 bits per heavy atom. The van der Waals surface area contributed by atoms with Crippen molar-refractivity contribution in [3.05, 3.63) is 103 Å². The van der Waals surface area contributed by atoms with Gasteiger partial charge in [-0.2, -0.15) is 0 Å². The van der Waals surface area contributed by atoms with Crippen molar-refractivity contribution < 1.29 is 29.0 Å². The van der Waals surface area contributed by atoms with Crippen LogP contribution in [-0.2, 0) is 23.9 Å². The molecule has 4 aliphatic rings.